The van der Waals surface area contributed by atoms with Crippen LogP contribution in [-0.2, 0) is 14.3 Å². The Morgan fingerprint density at radius 2 is 0.571 bits per heavy atom. The Kier molecular flexibility index (Phi) is 59.2. The standard InChI is InChI=1S/C18H36O2.C17H34O2.C16H34O/c1-2-3-4-5-6-7-8-9-10-11-12-13-14-15-16-17-18(19)20;1-4-5-6-7-8-9-10-11-12-13-14-15-17(18)19-16(2)3;1-2-3-4-5-6-7-8-9-10-11-12-13-14-15-16-17/h2-17H2,1H3,(H,19,20);16H,4-15H2,1-3H3;17H,2-16H2,1H3. The predicted octanol–water partition coefficient (Wildman–Crippen LogP) is 17.4. The van der Waals surface area contributed by atoms with Crippen LogP contribution < -0.4 is 0 Å². The fourth-order valence-electron chi connectivity index (χ4n) is 7.21. The topological polar surface area (TPSA) is 83.8 Å². The van der Waals surface area contributed by atoms with Gasteiger partial charge in [0.05, 0.1) is 6.10 Å². The molecular weight excluding hydrogens is 693 g/mol. The molecule has 0 aromatic rings. The highest BCUT2D eigenvalue weighted by Crippen LogP contribution is 2.15. The number of rotatable bonds is 43. The van der Waals surface area contributed by atoms with Crippen molar-refractivity contribution in [1.82, 2.24) is 0 Å². The van der Waals surface area contributed by atoms with Crippen molar-refractivity contribution in [3.05, 3.63) is 0 Å². The first-order chi connectivity index (χ1) is 27.3. The molecule has 0 aromatic carbocycles. The zero-order valence-corrected chi connectivity index (χ0v) is 39.1. The molecule has 0 saturated carbocycles. The molecule has 56 heavy (non-hydrogen) atoms. The normalized spacial score (nSPS) is 10.9. The third-order valence-electron chi connectivity index (χ3n) is 10.9. The van der Waals surface area contributed by atoms with Crippen molar-refractivity contribution >= 4 is 11.9 Å². The first-order valence-corrected chi connectivity index (χ1v) is 25.4. The van der Waals surface area contributed by atoms with E-state index in [9.17, 15) is 9.59 Å². The van der Waals surface area contributed by atoms with Crippen LogP contribution in [0.2, 0.25) is 0 Å². The van der Waals surface area contributed by atoms with E-state index in [0.29, 0.717) is 19.4 Å². The number of carboxylic acid groups (broad SMARTS) is 1. The monoisotopic (exact) mass is 797 g/mol. The average Bonchev–Trinajstić information content (AvgIpc) is 3.17. The number of carboxylic acids is 1. The van der Waals surface area contributed by atoms with Gasteiger partial charge in [-0.2, -0.15) is 0 Å². The van der Waals surface area contributed by atoms with Crippen LogP contribution in [0.25, 0.3) is 0 Å². The lowest BCUT2D eigenvalue weighted by Crippen LogP contribution is -2.10. The maximum absolute atomic E-state index is 11.3. The molecule has 0 unspecified atom stereocenters. The van der Waals surface area contributed by atoms with Gasteiger partial charge in [-0.15, -0.1) is 0 Å². The number of aliphatic hydroxyl groups is 1. The van der Waals surface area contributed by atoms with Crippen molar-refractivity contribution in [3.63, 3.8) is 0 Å². The minimum absolute atomic E-state index is 0.0280. The van der Waals surface area contributed by atoms with Gasteiger partial charge in [0.25, 0.3) is 0 Å². The summed E-state index contributed by atoms with van der Waals surface area (Å²) in [5.41, 5.74) is 0. The van der Waals surface area contributed by atoms with Gasteiger partial charge in [0, 0.05) is 19.4 Å². The van der Waals surface area contributed by atoms with Crippen LogP contribution in [-0.4, -0.2) is 34.9 Å². The molecule has 0 aliphatic rings. The van der Waals surface area contributed by atoms with Crippen molar-refractivity contribution < 1.29 is 24.5 Å². The molecule has 0 aromatic heterocycles. The summed E-state index contributed by atoms with van der Waals surface area (Å²) in [6.45, 7) is 11.0. The number of carbonyl (C=O) groups is 2. The van der Waals surface area contributed by atoms with Crippen LogP contribution >= 0.6 is 0 Å². The molecule has 5 heteroatoms. The van der Waals surface area contributed by atoms with Gasteiger partial charge in [-0.25, -0.2) is 0 Å². The van der Waals surface area contributed by atoms with Crippen LogP contribution in [0.15, 0.2) is 0 Å². The van der Waals surface area contributed by atoms with Gasteiger partial charge >= 0.3 is 11.9 Å². The number of aliphatic hydroxyl groups excluding tert-OH is 1. The van der Waals surface area contributed by atoms with Crippen LogP contribution in [0, 0.1) is 0 Å². The minimum atomic E-state index is -0.653. The maximum atomic E-state index is 11.3. The molecule has 0 radical (unpaired) electrons. The predicted molar refractivity (Wildman–Crippen MR) is 247 cm³/mol. The highest BCUT2D eigenvalue weighted by atomic mass is 16.5. The Balaban J connectivity index is -0.000000755. The summed E-state index contributed by atoms with van der Waals surface area (Å²) in [7, 11) is 0. The summed E-state index contributed by atoms with van der Waals surface area (Å²) in [5.74, 6) is -0.689. The van der Waals surface area contributed by atoms with E-state index in [-0.39, 0.29) is 12.1 Å². The minimum Gasteiger partial charge on any atom is -0.481 e. The second-order valence-electron chi connectivity index (χ2n) is 17.2. The van der Waals surface area contributed by atoms with E-state index in [1.165, 1.54) is 231 Å². The van der Waals surface area contributed by atoms with Crippen LogP contribution in [0.1, 0.15) is 304 Å². The molecule has 0 aliphatic carbocycles. The van der Waals surface area contributed by atoms with Gasteiger partial charge in [-0.05, 0) is 33.1 Å². The van der Waals surface area contributed by atoms with Gasteiger partial charge < -0.3 is 14.9 Å². The van der Waals surface area contributed by atoms with Crippen molar-refractivity contribution in [2.45, 2.75) is 310 Å². The van der Waals surface area contributed by atoms with Crippen molar-refractivity contribution in [2.24, 2.45) is 0 Å². The smallest absolute Gasteiger partial charge is 0.306 e. The van der Waals surface area contributed by atoms with Crippen LogP contribution in [0.3, 0.4) is 0 Å². The van der Waals surface area contributed by atoms with E-state index in [2.05, 4.69) is 20.8 Å². The van der Waals surface area contributed by atoms with Gasteiger partial charge in [0.2, 0.25) is 0 Å². The third kappa shape index (κ3) is 64.8. The first-order valence-electron chi connectivity index (χ1n) is 25.4. The second-order valence-corrected chi connectivity index (χ2v) is 17.2. The molecular formula is C51H104O5. The molecule has 0 aliphatic heterocycles. The molecule has 5 nitrogen and oxygen atoms in total. The number of aliphatic carboxylic acids is 1. The Hall–Kier alpha value is -1.10. The zero-order chi connectivity index (χ0) is 41.8. The summed E-state index contributed by atoms with van der Waals surface area (Å²) in [4.78, 5) is 21.6. The largest absolute Gasteiger partial charge is 0.481 e. The Bertz CT molecular complexity index is 694. The molecule has 0 rings (SSSR count). The van der Waals surface area contributed by atoms with Crippen molar-refractivity contribution in [3.8, 4) is 0 Å². The van der Waals surface area contributed by atoms with E-state index in [1.807, 2.05) is 13.8 Å². The molecule has 338 valence electrons. The van der Waals surface area contributed by atoms with Gasteiger partial charge in [-0.1, -0.05) is 258 Å². The molecule has 0 bridgehead atoms. The fourth-order valence-corrected chi connectivity index (χ4v) is 7.21. The highest BCUT2D eigenvalue weighted by molar-refractivity contribution is 5.69. The number of hydrogen-bond acceptors (Lipinski definition) is 4. The lowest BCUT2D eigenvalue weighted by atomic mass is 10.0. The highest BCUT2D eigenvalue weighted by Gasteiger charge is 2.04. The number of hydrogen-bond donors (Lipinski definition) is 2. The summed E-state index contributed by atoms with van der Waals surface area (Å²) in [5, 5.41) is 17.2. The van der Waals surface area contributed by atoms with Gasteiger partial charge in [0.1, 0.15) is 0 Å². The van der Waals surface area contributed by atoms with E-state index >= 15 is 0 Å². The number of esters is 1. The van der Waals surface area contributed by atoms with E-state index in [4.69, 9.17) is 14.9 Å². The van der Waals surface area contributed by atoms with Crippen molar-refractivity contribution in [2.75, 3.05) is 6.61 Å². The molecule has 0 atom stereocenters. The summed E-state index contributed by atoms with van der Waals surface area (Å²) in [6, 6.07) is 0. The van der Waals surface area contributed by atoms with Gasteiger partial charge in [0.15, 0.2) is 0 Å². The number of unbranched alkanes of at least 4 members (excludes halogenated alkanes) is 37. The molecule has 0 spiro atoms. The van der Waals surface area contributed by atoms with Crippen molar-refractivity contribution in [1.29, 1.82) is 0 Å². The zero-order valence-electron chi connectivity index (χ0n) is 39.1. The third-order valence-corrected chi connectivity index (χ3v) is 10.9. The number of carbonyl (C=O) groups excluding carboxylic acids is 1. The Morgan fingerprint density at radius 1 is 0.357 bits per heavy atom. The first kappa shape index (κ1) is 59.2. The fraction of sp³-hybridized carbons (Fsp3) is 0.961. The average molecular weight is 797 g/mol. The maximum Gasteiger partial charge on any atom is 0.306 e. The van der Waals surface area contributed by atoms with E-state index in [1.54, 1.807) is 0 Å². The lowest BCUT2D eigenvalue weighted by Gasteiger charge is -2.07. The summed E-state index contributed by atoms with van der Waals surface area (Å²) in [6.07, 6.45) is 54.5. The van der Waals surface area contributed by atoms with Crippen LogP contribution in [0.4, 0.5) is 0 Å². The van der Waals surface area contributed by atoms with E-state index < -0.39 is 5.97 Å². The SMILES string of the molecule is CCCCCCCCCCCCCC(=O)OC(C)C.CCCCCCCCCCCCCCCCCC(=O)O.CCCCCCCCCCCCCCCCO. The molecule has 2 N–H and O–H groups in total. The van der Waals surface area contributed by atoms with E-state index in [0.717, 1.165) is 25.7 Å². The molecule has 0 amide bonds. The molecule has 0 heterocycles. The number of ether oxygens (including phenoxy) is 1. The summed E-state index contributed by atoms with van der Waals surface area (Å²) >= 11 is 0. The Morgan fingerprint density at radius 3 is 0.786 bits per heavy atom. The quantitative estimate of drug-likeness (QED) is 0.0474. The second kappa shape index (κ2) is 56.0. The molecule has 0 saturated heterocycles. The Labute approximate surface area is 352 Å². The van der Waals surface area contributed by atoms with Crippen LogP contribution in [0.5, 0.6) is 0 Å². The van der Waals surface area contributed by atoms with Gasteiger partial charge in [-0.3, -0.25) is 9.59 Å². The summed E-state index contributed by atoms with van der Waals surface area (Å²) < 4.78 is 5.10. The lowest BCUT2D eigenvalue weighted by molar-refractivity contribution is -0.147. The molecule has 0 fully saturated rings.